The lowest BCUT2D eigenvalue weighted by atomic mass is 9.97. The topological polar surface area (TPSA) is 9.34 Å². The van der Waals surface area contributed by atoms with Gasteiger partial charge in [0.2, 0.25) is 0 Å². The van der Waals surface area contributed by atoms with Crippen LogP contribution in [0.4, 0.5) is 0 Å². The monoisotopic (exact) mass is 646 g/mol. The number of nitrogens with zero attached hydrogens (tertiary/aromatic N) is 2. The molecule has 0 amide bonds. The lowest BCUT2D eigenvalue weighted by Gasteiger charge is -2.13. The Morgan fingerprint density at radius 2 is 0.941 bits per heavy atom. The molecule has 3 heterocycles. The van der Waals surface area contributed by atoms with E-state index >= 15 is 0 Å². The fourth-order valence-corrected chi connectivity index (χ4v) is 9.25. The van der Waals surface area contributed by atoms with Crippen LogP contribution in [0.1, 0.15) is 11.1 Å². The molecule has 0 N–H and O–H groups in total. The van der Waals surface area contributed by atoms with Crippen molar-refractivity contribution in [2.24, 2.45) is 0 Å². The minimum atomic E-state index is 0.959. The van der Waals surface area contributed by atoms with Crippen molar-refractivity contribution in [1.82, 2.24) is 8.97 Å². The Bertz CT molecular complexity index is 3230. The summed E-state index contributed by atoms with van der Waals surface area (Å²) < 4.78 is 4.95. The Hall–Kier alpha value is -6.64. The minimum absolute atomic E-state index is 0.959. The number of fused-ring (bicyclic) bond motifs is 12. The molecule has 0 saturated carbocycles. The second-order valence-electron chi connectivity index (χ2n) is 14.1. The standard InChI is InChI=1S/C49H30N2/c1-2-13-35-34(10-1)28-42-36(35)16-9-21-46(42)50-44-19-5-4-15-38(44)43-27-32(23-25-47(43)50)30-11-7-12-31(26-30)33-22-24-39-41-18-8-17-40-37-14-3-6-20-45(37)51(49(40)41)48(39)29-33/h1-27,29H,28H2. The first-order valence-corrected chi connectivity index (χ1v) is 17.8. The van der Waals surface area contributed by atoms with Crippen LogP contribution in [0, 0.1) is 0 Å². The highest BCUT2D eigenvalue weighted by molar-refractivity contribution is 6.23. The van der Waals surface area contributed by atoms with Gasteiger partial charge in [0.15, 0.2) is 0 Å². The van der Waals surface area contributed by atoms with Gasteiger partial charge in [0, 0.05) is 38.7 Å². The summed E-state index contributed by atoms with van der Waals surface area (Å²) in [5.41, 5.74) is 18.0. The van der Waals surface area contributed by atoms with E-state index in [1.165, 1.54) is 110 Å². The van der Waals surface area contributed by atoms with Crippen molar-refractivity contribution in [2.75, 3.05) is 0 Å². The predicted molar refractivity (Wildman–Crippen MR) is 215 cm³/mol. The van der Waals surface area contributed by atoms with E-state index in [0.717, 1.165) is 6.42 Å². The average Bonchev–Trinajstić information content (AvgIpc) is 3.93. The summed E-state index contributed by atoms with van der Waals surface area (Å²) >= 11 is 0. The number of aromatic nitrogens is 2. The smallest absolute Gasteiger partial charge is 0.0620 e. The van der Waals surface area contributed by atoms with E-state index in [4.69, 9.17) is 0 Å². The zero-order chi connectivity index (χ0) is 33.2. The molecule has 0 saturated heterocycles. The summed E-state index contributed by atoms with van der Waals surface area (Å²) in [4.78, 5) is 0. The molecule has 0 bridgehead atoms. The Kier molecular flexibility index (Phi) is 5.32. The largest absolute Gasteiger partial charge is 0.309 e. The lowest BCUT2D eigenvalue weighted by molar-refractivity contribution is 1.12. The van der Waals surface area contributed by atoms with Crippen LogP contribution < -0.4 is 0 Å². The van der Waals surface area contributed by atoms with Gasteiger partial charge in [0.25, 0.3) is 0 Å². The normalized spacial score (nSPS) is 12.6. The molecular formula is C49H30N2. The van der Waals surface area contributed by atoms with Crippen LogP contribution in [0.2, 0.25) is 0 Å². The number of para-hydroxylation sites is 3. The molecule has 236 valence electrons. The Balaban J connectivity index is 1.01. The first-order valence-electron chi connectivity index (χ1n) is 17.8. The van der Waals surface area contributed by atoms with Gasteiger partial charge in [-0.2, -0.15) is 0 Å². The highest BCUT2D eigenvalue weighted by Gasteiger charge is 2.24. The van der Waals surface area contributed by atoms with Gasteiger partial charge in [0.1, 0.15) is 0 Å². The van der Waals surface area contributed by atoms with Crippen molar-refractivity contribution in [2.45, 2.75) is 6.42 Å². The Labute approximate surface area is 294 Å². The first kappa shape index (κ1) is 27.2. The van der Waals surface area contributed by atoms with E-state index in [0.29, 0.717) is 0 Å². The molecule has 11 aromatic rings. The maximum Gasteiger partial charge on any atom is 0.0620 e. The molecule has 0 radical (unpaired) electrons. The van der Waals surface area contributed by atoms with Crippen molar-refractivity contribution in [3.05, 3.63) is 181 Å². The highest BCUT2D eigenvalue weighted by Crippen LogP contribution is 2.44. The van der Waals surface area contributed by atoms with Crippen LogP contribution >= 0.6 is 0 Å². The third-order valence-corrected chi connectivity index (χ3v) is 11.5. The van der Waals surface area contributed by atoms with Gasteiger partial charge in [-0.05, 0) is 87.0 Å². The minimum Gasteiger partial charge on any atom is -0.309 e. The van der Waals surface area contributed by atoms with Crippen LogP contribution in [0.5, 0.6) is 0 Å². The summed E-state index contributed by atoms with van der Waals surface area (Å²) in [6.45, 7) is 0. The van der Waals surface area contributed by atoms with E-state index in [1.54, 1.807) is 0 Å². The van der Waals surface area contributed by atoms with Crippen LogP contribution in [-0.4, -0.2) is 8.97 Å². The fraction of sp³-hybridized carbons (Fsp3) is 0.0204. The van der Waals surface area contributed by atoms with E-state index in [-0.39, 0.29) is 0 Å². The lowest BCUT2D eigenvalue weighted by Crippen LogP contribution is -1.99. The summed E-state index contributed by atoms with van der Waals surface area (Å²) in [6.07, 6.45) is 0.959. The van der Waals surface area contributed by atoms with Gasteiger partial charge in [-0.1, -0.05) is 127 Å². The van der Waals surface area contributed by atoms with Gasteiger partial charge in [-0.25, -0.2) is 0 Å². The molecule has 0 unspecified atom stereocenters. The maximum atomic E-state index is 2.49. The SMILES string of the molecule is c1cc(-c2ccc3c(c2)c2ccccc2n3-c2cccc3c2Cc2ccccc2-3)cc(-c2ccc3c4cccc5c6ccccc6n(c3c2)c54)c1. The molecule has 0 spiro atoms. The van der Waals surface area contributed by atoms with Gasteiger partial charge in [-0.3, -0.25) is 0 Å². The zero-order valence-electron chi connectivity index (χ0n) is 27.8. The number of hydrogen-bond acceptors (Lipinski definition) is 0. The third-order valence-electron chi connectivity index (χ3n) is 11.5. The molecule has 51 heavy (non-hydrogen) atoms. The van der Waals surface area contributed by atoms with Gasteiger partial charge >= 0.3 is 0 Å². The van der Waals surface area contributed by atoms with Crippen molar-refractivity contribution >= 4 is 59.9 Å². The Morgan fingerprint density at radius 1 is 0.353 bits per heavy atom. The van der Waals surface area contributed by atoms with Crippen molar-refractivity contribution in [1.29, 1.82) is 0 Å². The van der Waals surface area contributed by atoms with E-state index in [9.17, 15) is 0 Å². The maximum absolute atomic E-state index is 2.49. The highest BCUT2D eigenvalue weighted by atomic mass is 15.0. The number of rotatable bonds is 3. The summed E-state index contributed by atoms with van der Waals surface area (Å²) in [5.74, 6) is 0. The van der Waals surface area contributed by atoms with Crippen LogP contribution in [0.15, 0.2) is 170 Å². The van der Waals surface area contributed by atoms with Crippen molar-refractivity contribution in [3.8, 4) is 39.1 Å². The molecule has 2 heteroatoms. The Morgan fingerprint density at radius 3 is 1.80 bits per heavy atom. The predicted octanol–water partition coefficient (Wildman–Crippen LogP) is 12.8. The van der Waals surface area contributed by atoms with Crippen LogP contribution in [0.25, 0.3) is 99.0 Å². The average molecular weight is 647 g/mol. The van der Waals surface area contributed by atoms with E-state index in [1.807, 2.05) is 0 Å². The molecule has 12 rings (SSSR count). The summed E-state index contributed by atoms with van der Waals surface area (Å²) in [6, 6.07) is 63.1. The molecule has 1 aliphatic carbocycles. The van der Waals surface area contributed by atoms with Gasteiger partial charge in [-0.15, -0.1) is 0 Å². The second-order valence-corrected chi connectivity index (χ2v) is 14.1. The first-order chi connectivity index (χ1) is 25.3. The molecule has 2 nitrogen and oxygen atoms in total. The molecular weight excluding hydrogens is 617 g/mol. The fourth-order valence-electron chi connectivity index (χ4n) is 9.25. The number of hydrogen-bond donors (Lipinski definition) is 0. The quantitative estimate of drug-likeness (QED) is 0.181. The molecule has 0 aliphatic heterocycles. The molecule has 0 fully saturated rings. The molecule has 0 atom stereocenters. The molecule has 1 aliphatic rings. The van der Waals surface area contributed by atoms with Crippen molar-refractivity contribution in [3.63, 3.8) is 0 Å². The van der Waals surface area contributed by atoms with E-state index < -0.39 is 0 Å². The number of benzene rings is 8. The second kappa shape index (κ2) is 9.97. The van der Waals surface area contributed by atoms with Crippen LogP contribution in [0.3, 0.4) is 0 Å². The van der Waals surface area contributed by atoms with Gasteiger partial charge < -0.3 is 8.97 Å². The summed E-state index contributed by atoms with van der Waals surface area (Å²) in [7, 11) is 0. The van der Waals surface area contributed by atoms with Gasteiger partial charge in [0.05, 0.1) is 33.3 Å². The van der Waals surface area contributed by atoms with Crippen LogP contribution in [-0.2, 0) is 6.42 Å². The van der Waals surface area contributed by atoms with Crippen molar-refractivity contribution < 1.29 is 0 Å². The molecule has 3 aromatic heterocycles. The summed E-state index contributed by atoms with van der Waals surface area (Å²) in [5, 5.41) is 7.81. The molecule has 8 aromatic carbocycles. The zero-order valence-corrected chi connectivity index (χ0v) is 27.8. The third kappa shape index (κ3) is 3.66. The van der Waals surface area contributed by atoms with E-state index in [2.05, 4.69) is 179 Å².